The molecule has 0 aliphatic rings. The van der Waals surface area contributed by atoms with Crippen molar-refractivity contribution in [1.29, 1.82) is 0 Å². The number of nitro groups is 1. The molecule has 6 heteroatoms. The van der Waals surface area contributed by atoms with E-state index in [1.165, 1.54) is 12.1 Å². The Morgan fingerprint density at radius 1 is 1.29 bits per heavy atom. The van der Waals surface area contributed by atoms with Gasteiger partial charge in [-0.3, -0.25) is 10.1 Å². The second-order valence-electron chi connectivity index (χ2n) is 3.47. The molecule has 0 spiro atoms. The summed E-state index contributed by atoms with van der Waals surface area (Å²) in [5.41, 5.74) is 1.96. The number of rotatable bonds is 2. The molecule has 17 heavy (non-hydrogen) atoms. The molecular formula is C11H8ClN3O2. The molecule has 1 heterocycles. The third-order valence-electron chi connectivity index (χ3n) is 2.18. The second kappa shape index (κ2) is 4.47. The van der Waals surface area contributed by atoms with Crippen LogP contribution in [0.1, 0.15) is 5.69 Å². The Balaban J connectivity index is 2.52. The van der Waals surface area contributed by atoms with Gasteiger partial charge in [0.1, 0.15) is 0 Å². The van der Waals surface area contributed by atoms with Crippen LogP contribution in [-0.4, -0.2) is 14.9 Å². The van der Waals surface area contributed by atoms with Crippen molar-refractivity contribution < 1.29 is 4.92 Å². The number of hydrogen-bond acceptors (Lipinski definition) is 4. The first-order valence-electron chi connectivity index (χ1n) is 4.82. The van der Waals surface area contributed by atoms with E-state index in [9.17, 15) is 10.1 Å². The lowest BCUT2D eigenvalue weighted by atomic mass is 10.1. The molecule has 0 amide bonds. The van der Waals surface area contributed by atoms with Crippen LogP contribution in [0.5, 0.6) is 0 Å². The predicted molar refractivity (Wildman–Crippen MR) is 63.9 cm³/mol. The molecule has 0 saturated heterocycles. The Hall–Kier alpha value is -2.01. The highest BCUT2D eigenvalue weighted by atomic mass is 35.5. The predicted octanol–water partition coefficient (Wildman–Crippen LogP) is 3.01. The maximum atomic E-state index is 10.7. The Kier molecular flexibility index (Phi) is 3.01. The summed E-state index contributed by atoms with van der Waals surface area (Å²) >= 11 is 5.75. The summed E-state index contributed by atoms with van der Waals surface area (Å²) in [5.74, 6) is 0. The molecule has 2 rings (SSSR count). The maximum absolute atomic E-state index is 10.7. The maximum Gasteiger partial charge on any atom is 0.270 e. The van der Waals surface area contributed by atoms with Crippen LogP contribution in [-0.2, 0) is 0 Å². The van der Waals surface area contributed by atoms with Crippen molar-refractivity contribution in [3.8, 4) is 11.3 Å². The fourth-order valence-electron chi connectivity index (χ4n) is 1.46. The zero-order chi connectivity index (χ0) is 12.4. The SMILES string of the molecule is Cc1cc(-c2cccc([N+](=O)[O-])c2)nc(Cl)n1. The molecule has 0 bridgehead atoms. The number of non-ortho nitro benzene ring substituents is 1. The van der Waals surface area contributed by atoms with Gasteiger partial charge in [0.15, 0.2) is 0 Å². The first-order valence-corrected chi connectivity index (χ1v) is 5.20. The Morgan fingerprint density at radius 2 is 2.06 bits per heavy atom. The summed E-state index contributed by atoms with van der Waals surface area (Å²) in [7, 11) is 0. The molecule has 2 aromatic rings. The number of aryl methyl sites for hydroxylation is 1. The van der Waals surface area contributed by atoms with Crippen molar-refractivity contribution in [2.45, 2.75) is 6.92 Å². The standard InChI is InChI=1S/C11H8ClN3O2/c1-7-5-10(14-11(12)13-7)8-3-2-4-9(6-8)15(16)17/h2-6H,1H3. The number of nitrogens with zero attached hydrogens (tertiary/aromatic N) is 3. The lowest BCUT2D eigenvalue weighted by Gasteiger charge is -2.02. The summed E-state index contributed by atoms with van der Waals surface area (Å²) in [5, 5.41) is 10.8. The summed E-state index contributed by atoms with van der Waals surface area (Å²) in [6.45, 7) is 1.79. The largest absolute Gasteiger partial charge is 0.270 e. The minimum atomic E-state index is -0.445. The van der Waals surface area contributed by atoms with Gasteiger partial charge in [0.05, 0.1) is 10.6 Å². The number of aromatic nitrogens is 2. The molecule has 5 nitrogen and oxygen atoms in total. The van der Waals surface area contributed by atoms with E-state index in [0.29, 0.717) is 17.0 Å². The molecule has 1 aromatic heterocycles. The van der Waals surface area contributed by atoms with Crippen LogP contribution in [0, 0.1) is 17.0 Å². The number of nitro benzene ring substituents is 1. The van der Waals surface area contributed by atoms with E-state index in [-0.39, 0.29) is 11.0 Å². The number of hydrogen-bond donors (Lipinski definition) is 0. The van der Waals surface area contributed by atoms with E-state index in [1.807, 2.05) is 0 Å². The Labute approximate surface area is 102 Å². The van der Waals surface area contributed by atoms with Crippen molar-refractivity contribution >= 4 is 17.3 Å². The molecule has 0 fully saturated rings. The highest BCUT2D eigenvalue weighted by molar-refractivity contribution is 6.28. The van der Waals surface area contributed by atoms with Crippen LogP contribution >= 0.6 is 11.6 Å². The van der Waals surface area contributed by atoms with Gasteiger partial charge in [0.25, 0.3) is 5.69 Å². The van der Waals surface area contributed by atoms with Gasteiger partial charge in [-0.15, -0.1) is 0 Å². The van der Waals surface area contributed by atoms with E-state index < -0.39 is 4.92 Å². The van der Waals surface area contributed by atoms with Crippen LogP contribution < -0.4 is 0 Å². The quantitative estimate of drug-likeness (QED) is 0.466. The summed E-state index contributed by atoms with van der Waals surface area (Å²) < 4.78 is 0. The van der Waals surface area contributed by atoms with Crippen molar-refractivity contribution in [2.24, 2.45) is 0 Å². The van der Waals surface area contributed by atoms with Crippen molar-refractivity contribution in [2.75, 3.05) is 0 Å². The van der Waals surface area contributed by atoms with Gasteiger partial charge in [-0.1, -0.05) is 12.1 Å². The van der Waals surface area contributed by atoms with E-state index in [4.69, 9.17) is 11.6 Å². The summed E-state index contributed by atoms with van der Waals surface area (Å²) in [4.78, 5) is 18.2. The van der Waals surface area contributed by atoms with E-state index >= 15 is 0 Å². The summed E-state index contributed by atoms with van der Waals surface area (Å²) in [6, 6.07) is 7.96. The number of halogens is 1. The van der Waals surface area contributed by atoms with Gasteiger partial charge in [-0.25, -0.2) is 9.97 Å². The molecule has 0 N–H and O–H groups in total. The third kappa shape index (κ3) is 2.57. The zero-order valence-electron chi connectivity index (χ0n) is 8.92. The normalized spacial score (nSPS) is 10.2. The van der Waals surface area contributed by atoms with Crippen LogP contribution in [0.2, 0.25) is 5.28 Å². The van der Waals surface area contributed by atoms with E-state index in [0.717, 1.165) is 0 Å². The molecule has 0 aliphatic carbocycles. The molecule has 0 unspecified atom stereocenters. The van der Waals surface area contributed by atoms with E-state index in [1.54, 1.807) is 25.1 Å². The lowest BCUT2D eigenvalue weighted by Crippen LogP contribution is -1.92. The van der Waals surface area contributed by atoms with Gasteiger partial charge in [-0.2, -0.15) is 0 Å². The minimum absolute atomic E-state index is 0.0230. The lowest BCUT2D eigenvalue weighted by molar-refractivity contribution is -0.384. The average Bonchev–Trinajstić information content (AvgIpc) is 2.28. The van der Waals surface area contributed by atoms with Crippen molar-refractivity contribution in [1.82, 2.24) is 9.97 Å². The first-order chi connectivity index (χ1) is 8.06. The smallest absolute Gasteiger partial charge is 0.258 e. The Morgan fingerprint density at radius 3 is 2.71 bits per heavy atom. The molecule has 0 aliphatic heterocycles. The summed E-state index contributed by atoms with van der Waals surface area (Å²) in [6.07, 6.45) is 0. The molecule has 0 atom stereocenters. The van der Waals surface area contributed by atoms with Gasteiger partial charge in [0.2, 0.25) is 5.28 Å². The fraction of sp³-hybridized carbons (Fsp3) is 0.0909. The van der Waals surface area contributed by atoms with Crippen LogP contribution in [0.25, 0.3) is 11.3 Å². The molecule has 1 aromatic carbocycles. The van der Waals surface area contributed by atoms with Gasteiger partial charge < -0.3 is 0 Å². The molecular weight excluding hydrogens is 242 g/mol. The van der Waals surface area contributed by atoms with Crippen molar-refractivity contribution in [3.05, 3.63) is 51.4 Å². The fourth-order valence-corrected chi connectivity index (χ4v) is 1.68. The molecule has 0 radical (unpaired) electrons. The molecule has 0 saturated carbocycles. The second-order valence-corrected chi connectivity index (χ2v) is 3.81. The first kappa shape index (κ1) is 11.5. The van der Waals surface area contributed by atoms with Gasteiger partial charge in [0, 0.05) is 23.4 Å². The van der Waals surface area contributed by atoms with Gasteiger partial charge >= 0.3 is 0 Å². The van der Waals surface area contributed by atoms with Crippen molar-refractivity contribution in [3.63, 3.8) is 0 Å². The highest BCUT2D eigenvalue weighted by Crippen LogP contribution is 2.23. The number of benzene rings is 1. The minimum Gasteiger partial charge on any atom is -0.258 e. The van der Waals surface area contributed by atoms with Crippen LogP contribution in [0.3, 0.4) is 0 Å². The monoisotopic (exact) mass is 249 g/mol. The zero-order valence-corrected chi connectivity index (χ0v) is 9.68. The molecule has 86 valence electrons. The topological polar surface area (TPSA) is 68.9 Å². The van der Waals surface area contributed by atoms with Gasteiger partial charge in [-0.05, 0) is 24.6 Å². The van der Waals surface area contributed by atoms with Crippen LogP contribution in [0.4, 0.5) is 5.69 Å². The third-order valence-corrected chi connectivity index (χ3v) is 2.35. The Bertz CT molecular complexity index is 566. The van der Waals surface area contributed by atoms with E-state index in [2.05, 4.69) is 9.97 Å². The average molecular weight is 250 g/mol. The van der Waals surface area contributed by atoms with Crippen LogP contribution in [0.15, 0.2) is 30.3 Å². The highest BCUT2D eigenvalue weighted by Gasteiger charge is 2.09.